The first-order chi connectivity index (χ1) is 9.60. The number of ether oxygens (including phenoxy) is 2. The molecule has 5 nitrogen and oxygen atoms in total. The standard InChI is InChI=1S/C15H16O5/c1-4-19-9(2)12-6-10(8-16)5-11-7-13(15(17)18-3)20-14(11)12/h5-7,16H,2,4,8H2,1,3H3. The number of esters is 1. The zero-order chi connectivity index (χ0) is 14.7. The summed E-state index contributed by atoms with van der Waals surface area (Å²) in [7, 11) is 1.29. The number of aliphatic hydroxyl groups is 1. The van der Waals surface area contributed by atoms with E-state index in [0.717, 1.165) is 0 Å². The summed E-state index contributed by atoms with van der Waals surface area (Å²) in [5.74, 6) is -0.0265. The molecule has 2 aromatic rings. The van der Waals surface area contributed by atoms with Crippen molar-refractivity contribution in [2.75, 3.05) is 13.7 Å². The Bertz CT molecular complexity index is 654. The topological polar surface area (TPSA) is 68.9 Å². The number of hydrogen-bond acceptors (Lipinski definition) is 5. The average molecular weight is 276 g/mol. The van der Waals surface area contributed by atoms with E-state index < -0.39 is 5.97 Å². The van der Waals surface area contributed by atoms with Crippen LogP contribution in [0.2, 0.25) is 0 Å². The second-order valence-corrected chi connectivity index (χ2v) is 4.18. The van der Waals surface area contributed by atoms with Crippen LogP contribution in [0.25, 0.3) is 16.7 Å². The molecule has 1 aromatic carbocycles. The predicted molar refractivity (Wildman–Crippen MR) is 74.1 cm³/mol. The molecular formula is C15H16O5. The van der Waals surface area contributed by atoms with Gasteiger partial charge in [-0.15, -0.1) is 0 Å². The largest absolute Gasteiger partial charge is 0.494 e. The number of methoxy groups -OCH3 is 1. The van der Waals surface area contributed by atoms with Crippen molar-refractivity contribution >= 4 is 22.7 Å². The van der Waals surface area contributed by atoms with E-state index in [0.29, 0.717) is 34.5 Å². The van der Waals surface area contributed by atoms with Gasteiger partial charge in [0.2, 0.25) is 5.76 Å². The fourth-order valence-corrected chi connectivity index (χ4v) is 1.97. The van der Waals surface area contributed by atoms with E-state index in [-0.39, 0.29) is 12.4 Å². The number of aliphatic hydroxyl groups excluding tert-OH is 1. The highest BCUT2D eigenvalue weighted by Crippen LogP contribution is 2.30. The van der Waals surface area contributed by atoms with E-state index in [9.17, 15) is 9.90 Å². The van der Waals surface area contributed by atoms with Crippen LogP contribution in [0.15, 0.2) is 29.2 Å². The van der Waals surface area contributed by atoms with E-state index in [1.165, 1.54) is 7.11 Å². The average Bonchev–Trinajstić information content (AvgIpc) is 2.89. The molecule has 1 heterocycles. The first kappa shape index (κ1) is 14.1. The minimum absolute atomic E-state index is 0.100. The Hall–Kier alpha value is -2.27. The van der Waals surface area contributed by atoms with E-state index in [4.69, 9.17) is 9.15 Å². The molecule has 2 rings (SSSR count). The number of hydrogen-bond donors (Lipinski definition) is 1. The molecule has 0 unspecified atom stereocenters. The van der Waals surface area contributed by atoms with Gasteiger partial charge in [-0.1, -0.05) is 6.58 Å². The van der Waals surface area contributed by atoms with Crippen molar-refractivity contribution in [3.63, 3.8) is 0 Å². The lowest BCUT2D eigenvalue weighted by atomic mass is 10.1. The normalized spacial score (nSPS) is 10.6. The smallest absolute Gasteiger partial charge is 0.373 e. The van der Waals surface area contributed by atoms with E-state index in [1.54, 1.807) is 18.2 Å². The van der Waals surface area contributed by atoms with Crippen LogP contribution in [0.3, 0.4) is 0 Å². The maximum Gasteiger partial charge on any atom is 0.373 e. The Morgan fingerprint density at radius 1 is 1.40 bits per heavy atom. The third-order valence-corrected chi connectivity index (χ3v) is 2.86. The molecule has 20 heavy (non-hydrogen) atoms. The molecule has 0 aliphatic carbocycles. The first-order valence-corrected chi connectivity index (χ1v) is 6.18. The molecule has 0 spiro atoms. The second kappa shape index (κ2) is 5.79. The van der Waals surface area contributed by atoms with Gasteiger partial charge >= 0.3 is 5.97 Å². The predicted octanol–water partition coefficient (Wildman–Crippen LogP) is 2.72. The van der Waals surface area contributed by atoms with Gasteiger partial charge in [-0.3, -0.25) is 0 Å². The fraction of sp³-hybridized carbons (Fsp3) is 0.267. The third kappa shape index (κ3) is 2.53. The Labute approximate surface area is 116 Å². The minimum atomic E-state index is -0.556. The summed E-state index contributed by atoms with van der Waals surface area (Å²) >= 11 is 0. The fourth-order valence-electron chi connectivity index (χ4n) is 1.97. The Morgan fingerprint density at radius 3 is 2.75 bits per heavy atom. The Balaban J connectivity index is 2.61. The van der Waals surface area contributed by atoms with Crippen LogP contribution in [0.1, 0.15) is 28.6 Å². The summed E-state index contributed by atoms with van der Waals surface area (Å²) in [5, 5.41) is 9.99. The van der Waals surface area contributed by atoms with Crippen molar-refractivity contribution in [2.45, 2.75) is 13.5 Å². The number of benzene rings is 1. The van der Waals surface area contributed by atoms with Gasteiger partial charge in [0.05, 0.1) is 25.9 Å². The summed E-state index contributed by atoms with van der Waals surface area (Å²) in [6, 6.07) is 5.04. The highest BCUT2D eigenvalue weighted by Gasteiger charge is 2.17. The van der Waals surface area contributed by atoms with Crippen LogP contribution < -0.4 is 0 Å². The van der Waals surface area contributed by atoms with E-state index in [1.807, 2.05) is 6.92 Å². The molecule has 106 valence electrons. The lowest BCUT2D eigenvalue weighted by Gasteiger charge is -2.09. The number of fused-ring (bicyclic) bond motifs is 1. The van der Waals surface area contributed by atoms with Crippen LogP contribution >= 0.6 is 0 Å². The summed E-state index contributed by atoms with van der Waals surface area (Å²) in [4.78, 5) is 11.5. The number of furan rings is 1. The maximum atomic E-state index is 11.5. The summed E-state index contributed by atoms with van der Waals surface area (Å²) in [5.41, 5.74) is 1.79. The van der Waals surface area contributed by atoms with Crippen molar-refractivity contribution in [2.24, 2.45) is 0 Å². The molecule has 0 saturated heterocycles. The molecular weight excluding hydrogens is 260 g/mol. The zero-order valence-electron chi connectivity index (χ0n) is 11.4. The highest BCUT2D eigenvalue weighted by atomic mass is 16.5. The second-order valence-electron chi connectivity index (χ2n) is 4.18. The van der Waals surface area contributed by atoms with E-state index >= 15 is 0 Å². The van der Waals surface area contributed by atoms with Gasteiger partial charge in [0.15, 0.2) is 0 Å². The van der Waals surface area contributed by atoms with Gasteiger partial charge in [0.25, 0.3) is 0 Å². The molecule has 1 aromatic heterocycles. The summed E-state index contributed by atoms with van der Waals surface area (Å²) in [6.45, 7) is 6.02. The van der Waals surface area contributed by atoms with Crippen molar-refractivity contribution < 1.29 is 23.8 Å². The number of rotatable bonds is 5. The van der Waals surface area contributed by atoms with Crippen LogP contribution in [0.4, 0.5) is 0 Å². The Morgan fingerprint density at radius 2 is 2.15 bits per heavy atom. The molecule has 0 fully saturated rings. The van der Waals surface area contributed by atoms with Crippen molar-refractivity contribution in [3.05, 3.63) is 41.7 Å². The van der Waals surface area contributed by atoms with E-state index in [2.05, 4.69) is 11.3 Å². The van der Waals surface area contributed by atoms with Crippen molar-refractivity contribution in [3.8, 4) is 0 Å². The van der Waals surface area contributed by atoms with Gasteiger partial charge in [-0.2, -0.15) is 0 Å². The molecule has 1 N–H and O–H groups in total. The monoisotopic (exact) mass is 276 g/mol. The molecule has 0 radical (unpaired) electrons. The van der Waals surface area contributed by atoms with Crippen molar-refractivity contribution in [1.29, 1.82) is 0 Å². The molecule has 0 amide bonds. The quantitative estimate of drug-likeness (QED) is 0.671. The van der Waals surface area contributed by atoms with Gasteiger partial charge in [-0.05, 0) is 30.7 Å². The summed E-state index contributed by atoms with van der Waals surface area (Å²) in [6.07, 6.45) is 0. The highest BCUT2D eigenvalue weighted by molar-refractivity contribution is 5.96. The first-order valence-electron chi connectivity index (χ1n) is 6.18. The van der Waals surface area contributed by atoms with Crippen LogP contribution in [-0.2, 0) is 16.1 Å². The zero-order valence-corrected chi connectivity index (χ0v) is 11.4. The molecule has 0 aliphatic heterocycles. The van der Waals surface area contributed by atoms with Crippen molar-refractivity contribution in [1.82, 2.24) is 0 Å². The van der Waals surface area contributed by atoms with Crippen LogP contribution in [0, 0.1) is 0 Å². The molecule has 5 heteroatoms. The van der Waals surface area contributed by atoms with Gasteiger partial charge in [-0.25, -0.2) is 4.79 Å². The molecule has 0 bridgehead atoms. The molecule has 0 saturated carbocycles. The van der Waals surface area contributed by atoms with Gasteiger partial charge in [0.1, 0.15) is 11.3 Å². The van der Waals surface area contributed by atoms with Crippen LogP contribution in [0.5, 0.6) is 0 Å². The molecule has 0 aliphatic rings. The third-order valence-electron chi connectivity index (χ3n) is 2.86. The molecule has 0 atom stereocenters. The Kier molecular flexibility index (Phi) is 4.10. The van der Waals surface area contributed by atoms with Gasteiger partial charge in [0, 0.05) is 5.39 Å². The maximum absolute atomic E-state index is 11.5. The SMILES string of the molecule is C=C(OCC)c1cc(CO)cc2cc(C(=O)OC)oc12. The lowest BCUT2D eigenvalue weighted by Crippen LogP contribution is -1.98. The minimum Gasteiger partial charge on any atom is -0.494 e. The van der Waals surface area contributed by atoms with Gasteiger partial charge < -0.3 is 19.0 Å². The number of carbonyl (C=O) groups is 1. The lowest BCUT2D eigenvalue weighted by molar-refractivity contribution is 0.0567. The van der Waals surface area contributed by atoms with Crippen LogP contribution in [-0.4, -0.2) is 24.8 Å². The number of carbonyl (C=O) groups excluding carboxylic acids is 1. The summed E-state index contributed by atoms with van der Waals surface area (Å²) < 4.78 is 15.5.